The molecule has 38 heavy (non-hydrogen) atoms. The lowest BCUT2D eigenvalue weighted by Gasteiger charge is -2.29. The van der Waals surface area contributed by atoms with Gasteiger partial charge < -0.3 is 15.0 Å². The molecular weight excluding hydrogens is 482 g/mol. The van der Waals surface area contributed by atoms with Crippen molar-refractivity contribution in [2.75, 3.05) is 24.3 Å². The van der Waals surface area contributed by atoms with E-state index in [0.29, 0.717) is 24.7 Å². The van der Waals surface area contributed by atoms with Crippen LogP contribution in [-0.2, 0) is 11.3 Å². The van der Waals surface area contributed by atoms with E-state index in [9.17, 15) is 9.59 Å². The smallest absolute Gasteiger partial charge is 0.412 e. The molecule has 2 aromatic carbocycles. The highest BCUT2D eigenvalue weighted by molar-refractivity contribution is 6.01. The largest absolute Gasteiger partial charge is 0.453 e. The van der Waals surface area contributed by atoms with Crippen molar-refractivity contribution < 1.29 is 14.3 Å². The zero-order valence-corrected chi connectivity index (χ0v) is 21.6. The summed E-state index contributed by atoms with van der Waals surface area (Å²) >= 11 is 0. The SMILES string of the molecule is COC(=O)Nc1cc(-c2nc(C)n(CCN(C(=O)Nc3cccc4ccccc34)C3CCCC3)n2)ccn1. The number of nitrogens with zero attached hydrogens (tertiary/aromatic N) is 5. The van der Waals surface area contributed by atoms with E-state index in [4.69, 9.17) is 0 Å². The first kappa shape index (κ1) is 25.2. The molecule has 1 aliphatic carbocycles. The van der Waals surface area contributed by atoms with Crippen LogP contribution in [-0.4, -0.2) is 56.5 Å². The number of carbonyl (C=O) groups is 2. The number of anilines is 2. The predicted molar refractivity (Wildman–Crippen MR) is 146 cm³/mol. The monoisotopic (exact) mass is 513 g/mol. The molecule has 2 aromatic heterocycles. The quantitative estimate of drug-likeness (QED) is 0.339. The zero-order chi connectivity index (χ0) is 26.5. The number of hydrogen-bond donors (Lipinski definition) is 2. The van der Waals surface area contributed by atoms with Crippen molar-refractivity contribution in [3.8, 4) is 11.4 Å². The number of hydrogen-bond acceptors (Lipinski definition) is 6. The van der Waals surface area contributed by atoms with Crippen LogP contribution < -0.4 is 10.6 Å². The Morgan fingerprint density at radius 1 is 1.08 bits per heavy atom. The molecular formula is C28H31N7O3. The third kappa shape index (κ3) is 5.59. The van der Waals surface area contributed by atoms with Gasteiger partial charge in [-0.05, 0) is 43.4 Å². The molecule has 3 amide bonds. The van der Waals surface area contributed by atoms with Gasteiger partial charge in [-0.15, -0.1) is 0 Å². The number of pyridine rings is 1. The van der Waals surface area contributed by atoms with Crippen LogP contribution in [0.4, 0.5) is 21.1 Å². The van der Waals surface area contributed by atoms with Crippen molar-refractivity contribution in [3.63, 3.8) is 0 Å². The average molecular weight is 514 g/mol. The van der Waals surface area contributed by atoms with E-state index in [-0.39, 0.29) is 12.1 Å². The first-order valence-corrected chi connectivity index (χ1v) is 12.8. The number of carbonyl (C=O) groups excluding carboxylic acids is 2. The minimum Gasteiger partial charge on any atom is -0.453 e. The number of fused-ring (bicyclic) bond motifs is 1. The van der Waals surface area contributed by atoms with Gasteiger partial charge in [-0.2, -0.15) is 5.10 Å². The van der Waals surface area contributed by atoms with Crippen LogP contribution in [0.1, 0.15) is 31.5 Å². The van der Waals surface area contributed by atoms with Crippen molar-refractivity contribution in [2.24, 2.45) is 0 Å². The molecule has 10 nitrogen and oxygen atoms in total. The van der Waals surface area contributed by atoms with Crippen molar-refractivity contribution >= 4 is 34.4 Å². The van der Waals surface area contributed by atoms with Gasteiger partial charge in [-0.3, -0.25) is 5.32 Å². The van der Waals surface area contributed by atoms with Crippen LogP contribution >= 0.6 is 0 Å². The lowest BCUT2D eigenvalue weighted by Crippen LogP contribution is -2.43. The third-order valence-electron chi connectivity index (χ3n) is 6.90. The molecule has 1 fully saturated rings. The van der Waals surface area contributed by atoms with Gasteiger partial charge in [0.1, 0.15) is 11.6 Å². The van der Waals surface area contributed by atoms with Gasteiger partial charge in [-0.25, -0.2) is 24.2 Å². The summed E-state index contributed by atoms with van der Waals surface area (Å²) in [6, 6.07) is 17.6. The second-order valence-corrected chi connectivity index (χ2v) is 9.34. The molecule has 0 radical (unpaired) electrons. The summed E-state index contributed by atoms with van der Waals surface area (Å²) in [5.74, 6) is 1.60. The number of aryl methyl sites for hydroxylation is 1. The van der Waals surface area contributed by atoms with Crippen molar-refractivity contribution in [1.82, 2.24) is 24.6 Å². The molecule has 0 bridgehead atoms. The molecule has 196 valence electrons. The summed E-state index contributed by atoms with van der Waals surface area (Å²) in [4.78, 5) is 35.8. The van der Waals surface area contributed by atoms with E-state index < -0.39 is 6.09 Å². The van der Waals surface area contributed by atoms with E-state index >= 15 is 0 Å². The van der Waals surface area contributed by atoms with Crippen LogP contribution in [0.3, 0.4) is 0 Å². The Balaban J connectivity index is 1.32. The Kier molecular flexibility index (Phi) is 7.48. The van der Waals surface area contributed by atoms with E-state index in [1.54, 1.807) is 18.3 Å². The normalized spacial score (nSPS) is 13.4. The lowest BCUT2D eigenvalue weighted by atomic mass is 10.1. The molecule has 5 rings (SSSR count). The number of aromatic nitrogens is 4. The van der Waals surface area contributed by atoms with Crippen LogP contribution in [0.15, 0.2) is 60.8 Å². The summed E-state index contributed by atoms with van der Waals surface area (Å²) in [7, 11) is 1.29. The standard InChI is InChI=1S/C28H31N7O3/c1-19-30-26(21-14-15-29-25(18-21)32-28(37)38-2)33-35(19)17-16-34(22-10-4-5-11-22)27(36)31-24-13-7-9-20-8-3-6-12-23(20)24/h3,6-9,12-15,18,22H,4-5,10-11,16-17H2,1-2H3,(H,31,36)(H,29,32,37). The minimum atomic E-state index is -0.599. The van der Waals surface area contributed by atoms with Gasteiger partial charge in [0, 0.05) is 29.7 Å². The zero-order valence-electron chi connectivity index (χ0n) is 21.6. The molecule has 0 unspecified atom stereocenters. The Labute approximate surface area is 221 Å². The van der Waals surface area contributed by atoms with Crippen molar-refractivity contribution in [1.29, 1.82) is 0 Å². The first-order chi connectivity index (χ1) is 18.5. The Morgan fingerprint density at radius 2 is 1.87 bits per heavy atom. The van der Waals surface area contributed by atoms with E-state index in [1.165, 1.54) is 7.11 Å². The molecule has 10 heteroatoms. The van der Waals surface area contributed by atoms with Crippen molar-refractivity contribution in [2.45, 2.75) is 45.2 Å². The maximum atomic E-state index is 13.5. The van der Waals surface area contributed by atoms with Crippen molar-refractivity contribution in [3.05, 3.63) is 66.6 Å². The molecule has 4 aromatic rings. The van der Waals surface area contributed by atoms with Gasteiger partial charge in [-0.1, -0.05) is 49.2 Å². The number of amides is 3. The highest BCUT2D eigenvalue weighted by atomic mass is 16.5. The number of rotatable bonds is 7. The second-order valence-electron chi connectivity index (χ2n) is 9.34. The summed E-state index contributed by atoms with van der Waals surface area (Å²) in [6.45, 7) is 2.91. The Morgan fingerprint density at radius 3 is 2.68 bits per heavy atom. The third-order valence-corrected chi connectivity index (χ3v) is 6.90. The molecule has 1 aliphatic rings. The lowest BCUT2D eigenvalue weighted by molar-refractivity contribution is 0.184. The second kappa shape index (κ2) is 11.3. The van der Waals surface area contributed by atoms with Crippen LogP contribution in [0, 0.1) is 6.92 Å². The van der Waals surface area contributed by atoms with Crippen LogP contribution in [0.2, 0.25) is 0 Å². The fourth-order valence-electron chi connectivity index (χ4n) is 4.94. The van der Waals surface area contributed by atoms with Crippen LogP contribution in [0.5, 0.6) is 0 Å². The summed E-state index contributed by atoms with van der Waals surface area (Å²) in [5, 5.41) is 12.5. The summed E-state index contributed by atoms with van der Waals surface area (Å²) < 4.78 is 6.45. The molecule has 2 N–H and O–H groups in total. The molecule has 0 aliphatic heterocycles. The Hall–Kier alpha value is -4.47. The summed E-state index contributed by atoms with van der Waals surface area (Å²) in [6.07, 6.45) is 5.22. The van der Waals surface area contributed by atoms with E-state index in [1.807, 2.05) is 59.0 Å². The highest BCUT2D eigenvalue weighted by Gasteiger charge is 2.27. The predicted octanol–water partition coefficient (Wildman–Crippen LogP) is 5.46. The maximum Gasteiger partial charge on any atom is 0.412 e. The van der Waals surface area contributed by atoms with Crippen LogP contribution in [0.25, 0.3) is 22.2 Å². The molecule has 0 saturated heterocycles. The summed E-state index contributed by atoms with van der Waals surface area (Å²) in [5.41, 5.74) is 1.53. The maximum absolute atomic E-state index is 13.5. The number of benzene rings is 2. The van der Waals surface area contributed by atoms with Gasteiger partial charge in [0.2, 0.25) is 0 Å². The average Bonchev–Trinajstić information content (AvgIpc) is 3.59. The van der Waals surface area contributed by atoms with Gasteiger partial charge in [0.25, 0.3) is 0 Å². The molecule has 0 atom stereocenters. The fraction of sp³-hybridized carbons (Fsp3) is 0.321. The number of nitrogens with one attached hydrogen (secondary N) is 2. The van der Waals surface area contributed by atoms with Gasteiger partial charge >= 0.3 is 12.1 Å². The molecule has 1 saturated carbocycles. The topological polar surface area (TPSA) is 114 Å². The van der Waals surface area contributed by atoms with E-state index in [2.05, 4.69) is 30.4 Å². The molecule has 2 heterocycles. The van der Waals surface area contributed by atoms with Gasteiger partial charge in [0.05, 0.1) is 19.3 Å². The van der Waals surface area contributed by atoms with E-state index in [0.717, 1.165) is 53.5 Å². The molecule has 0 spiro atoms. The fourth-order valence-corrected chi connectivity index (χ4v) is 4.94. The number of methoxy groups -OCH3 is 1. The minimum absolute atomic E-state index is 0.0982. The van der Waals surface area contributed by atoms with Gasteiger partial charge in [0.15, 0.2) is 5.82 Å². The number of ether oxygens (including phenoxy) is 1. The Bertz CT molecular complexity index is 1440. The first-order valence-electron chi connectivity index (χ1n) is 12.8. The number of urea groups is 1. The highest BCUT2D eigenvalue weighted by Crippen LogP contribution is 2.27.